The molecule has 2 N–H and O–H groups in total. The molecule has 2 aliphatic rings. The predicted molar refractivity (Wildman–Crippen MR) is 97.5 cm³/mol. The van der Waals surface area contributed by atoms with Crippen LogP contribution in [0.1, 0.15) is 25.3 Å². The first-order valence-electron chi connectivity index (χ1n) is 8.74. The summed E-state index contributed by atoms with van der Waals surface area (Å²) in [6.07, 6.45) is 0.735. The van der Waals surface area contributed by atoms with Crippen molar-refractivity contribution in [3.05, 3.63) is 23.8 Å². The van der Waals surface area contributed by atoms with Gasteiger partial charge >= 0.3 is 6.03 Å². The molecule has 2 fully saturated rings. The molecule has 0 radical (unpaired) electrons. The Hall–Kier alpha value is -2.46. The van der Waals surface area contributed by atoms with Crippen LogP contribution in [0.25, 0.3) is 0 Å². The highest BCUT2D eigenvalue weighted by Crippen LogP contribution is 2.28. The van der Waals surface area contributed by atoms with E-state index in [0.717, 1.165) is 4.90 Å². The van der Waals surface area contributed by atoms with Gasteiger partial charge in [-0.25, -0.2) is 13.2 Å². The number of nitrogens with zero attached hydrogens (tertiary/aromatic N) is 2. The van der Waals surface area contributed by atoms with Gasteiger partial charge in [-0.05, 0) is 37.1 Å². The van der Waals surface area contributed by atoms with Crippen molar-refractivity contribution >= 4 is 33.6 Å². The molecule has 0 spiro atoms. The molecular formula is C17H22N4O5S. The third-order valence-corrected chi connectivity index (χ3v) is 6.79. The zero-order chi connectivity index (χ0) is 19.8. The average Bonchev–Trinajstić information content (AvgIpc) is 3.21. The molecular weight excluding hydrogens is 372 g/mol. The predicted octanol–water partition coefficient (Wildman–Crippen LogP) is 0.658. The van der Waals surface area contributed by atoms with Crippen LogP contribution in [0.15, 0.2) is 23.1 Å². The van der Waals surface area contributed by atoms with Gasteiger partial charge in [0.1, 0.15) is 0 Å². The number of imide groups is 1. The summed E-state index contributed by atoms with van der Waals surface area (Å²) in [5, 5.41) is 5.15. The van der Waals surface area contributed by atoms with E-state index in [9.17, 15) is 22.8 Å². The van der Waals surface area contributed by atoms with Crippen molar-refractivity contribution in [2.45, 2.75) is 37.6 Å². The van der Waals surface area contributed by atoms with Crippen LogP contribution in [0.5, 0.6) is 0 Å². The summed E-state index contributed by atoms with van der Waals surface area (Å²) in [6.45, 7) is 3.66. The Morgan fingerprint density at radius 2 is 2.07 bits per heavy atom. The summed E-state index contributed by atoms with van der Waals surface area (Å²) in [7, 11) is -3.77. The van der Waals surface area contributed by atoms with E-state index in [1.54, 1.807) is 26.0 Å². The zero-order valence-corrected chi connectivity index (χ0v) is 16.0. The smallest absolute Gasteiger partial charge is 0.324 e. The molecule has 2 heterocycles. The summed E-state index contributed by atoms with van der Waals surface area (Å²) in [5.41, 5.74) is 1.05. The van der Waals surface area contributed by atoms with Crippen LogP contribution in [-0.2, 0) is 19.6 Å². The van der Waals surface area contributed by atoms with E-state index in [-0.39, 0.29) is 36.3 Å². The molecule has 1 atom stereocenters. The Morgan fingerprint density at radius 3 is 2.67 bits per heavy atom. The number of nitrogens with one attached hydrogen (secondary N) is 2. The SMILES string of the molecule is CCC(=O)Nc1ccc(S(=O)(=O)N2CCC(N3C(=O)CNC3=O)C2)c(C)c1. The largest absolute Gasteiger partial charge is 0.329 e. The van der Waals surface area contributed by atoms with E-state index >= 15 is 0 Å². The summed E-state index contributed by atoms with van der Waals surface area (Å²) < 4.78 is 27.3. The number of amides is 4. The van der Waals surface area contributed by atoms with Gasteiger partial charge in [0.15, 0.2) is 0 Å². The summed E-state index contributed by atoms with van der Waals surface area (Å²) in [4.78, 5) is 36.4. The molecule has 0 aliphatic carbocycles. The number of urea groups is 1. The Labute approximate surface area is 157 Å². The Balaban J connectivity index is 1.78. The standard InChI is InChI=1S/C17H22N4O5S/c1-3-15(22)19-12-4-5-14(11(2)8-12)27(25,26)20-7-6-13(10-20)21-16(23)9-18-17(21)24/h4-5,8,13H,3,6-7,9-10H2,1-2H3,(H,18,24)(H,19,22). The number of benzene rings is 1. The lowest BCUT2D eigenvalue weighted by Gasteiger charge is -2.22. The molecule has 2 saturated heterocycles. The van der Waals surface area contributed by atoms with Crippen LogP contribution >= 0.6 is 0 Å². The van der Waals surface area contributed by atoms with Crippen LogP contribution in [-0.4, -0.2) is 61.1 Å². The maximum absolute atomic E-state index is 13.0. The molecule has 146 valence electrons. The van der Waals surface area contributed by atoms with Crippen LogP contribution in [0.2, 0.25) is 0 Å². The first-order valence-corrected chi connectivity index (χ1v) is 10.2. The molecule has 10 heteroatoms. The van der Waals surface area contributed by atoms with Crippen LogP contribution in [0.3, 0.4) is 0 Å². The molecule has 4 amide bonds. The van der Waals surface area contributed by atoms with Crippen molar-refractivity contribution in [3.63, 3.8) is 0 Å². The number of anilines is 1. The van der Waals surface area contributed by atoms with Crippen LogP contribution in [0.4, 0.5) is 10.5 Å². The van der Waals surface area contributed by atoms with Crippen molar-refractivity contribution in [1.29, 1.82) is 0 Å². The second-order valence-corrected chi connectivity index (χ2v) is 8.52. The van der Waals surface area contributed by atoms with Gasteiger partial charge < -0.3 is 10.6 Å². The van der Waals surface area contributed by atoms with Gasteiger partial charge in [0.2, 0.25) is 21.8 Å². The number of hydrogen-bond donors (Lipinski definition) is 2. The third-order valence-electron chi connectivity index (χ3n) is 4.77. The highest BCUT2D eigenvalue weighted by Gasteiger charge is 2.42. The molecule has 9 nitrogen and oxygen atoms in total. The minimum Gasteiger partial charge on any atom is -0.329 e. The molecule has 1 aromatic carbocycles. The van der Waals surface area contributed by atoms with Crippen LogP contribution < -0.4 is 10.6 Å². The number of rotatable bonds is 5. The Morgan fingerprint density at radius 1 is 1.33 bits per heavy atom. The molecule has 0 saturated carbocycles. The van der Waals surface area contributed by atoms with E-state index in [2.05, 4.69) is 10.6 Å². The quantitative estimate of drug-likeness (QED) is 0.712. The fourth-order valence-electron chi connectivity index (χ4n) is 3.35. The number of sulfonamides is 1. The maximum atomic E-state index is 13.0. The highest BCUT2D eigenvalue weighted by molar-refractivity contribution is 7.89. The van der Waals surface area contributed by atoms with E-state index in [4.69, 9.17) is 0 Å². The minimum absolute atomic E-state index is 0.0495. The van der Waals surface area contributed by atoms with Gasteiger partial charge in [0.05, 0.1) is 17.5 Å². The van der Waals surface area contributed by atoms with E-state index < -0.39 is 22.1 Å². The number of carbonyl (C=O) groups excluding carboxylic acids is 3. The zero-order valence-electron chi connectivity index (χ0n) is 15.2. The molecule has 0 aromatic heterocycles. The van der Waals surface area contributed by atoms with E-state index in [1.165, 1.54) is 10.4 Å². The Kier molecular flexibility index (Phi) is 5.20. The van der Waals surface area contributed by atoms with Gasteiger partial charge in [-0.2, -0.15) is 4.31 Å². The lowest BCUT2D eigenvalue weighted by molar-refractivity contribution is -0.126. The van der Waals surface area contributed by atoms with Crippen molar-refractivity contribution in [1.82, 2.24) is 14.5 Å². The molecule has 0 bridgehead atoms. The third kappa shape index (κ3) is 3.67. The van der Waals surface area contributed by atoms with Crippen molar-refractivity contribution in [2.24, 2.45) is 0 Å². The fraction of sp³-hybridized carbons (Fsp3) is 0.471. The molecule has 1 unspecified atom stereocenters. The average molecular weight is 394 g/mol. The lowest BCUT2D eigenvalue weighted by Crippen LogP contribution is -2.42. The van der Waals surface area contributed by atoms with Crippen molar-refractivity contribution in [2.75, 3.05) is 25.0 Å². The van der Waals surface area contributed by atoms with Gasteiger partial charge in [-0.15, -0.1) is 0 Å². The maximum Gasteiger partial charge on any atom is 0.324 e. The van der Waals surface area contributed by atoms with Gasteiger partial charge in [0, 0.05) is 25.2 Å². The molecule has 1 aromatic rings. The summed E-state index contributed by atoms with van der Waals surface area (Å²) in [6, 6.07) is 3.70. The first kappa shape index (κ1) is 19.3. The fourth-order valence-corrected chi connectivity index (χ4v) is 5.05. The second kappa shape index (κ2) is 7.28. The van der Waals surface area contributed by atoms with E-state index in [0.29, 0.717) is 24.1 Å². The Bertz CT molecular complexity index is 883. The lowest BCUT2D eigenvalue weighted by atomic mass is 10.2. The second-order valence-electron chi connectivity index (χ2n) is 6.61. The summed E-state index contributed by atoms with van der Waals surface area (Å²) in [5.74, 6) is -0.489. The topological polar surface area (TPSA) is 116 Å². The van der Waals surface area contributed by atoms with Gasteiger partial charge in [0.25, 0.3) is 0 Å². The normalized spacial score (nSPS) is 20.8. The highest BCUT2D eigenvalue weighted by atomic mass is 32.2. The number of aryl methyl sites for hydroxylation is 1. The molecule has 3 rings (SSSR count). The summed E-state index contributed by atoms with van der Waals surface area (Å²) >= 11 is 0. The van der Waals surface area contributed by atoms with Gasteiger partial charge in [-0.3, -0.25) is 14.5 Å². The number of hydrogen-bond acceptors (Lipinski definition) is 5. The molecule has 2 aliphatic heterocycles. The van der Waals surface area contributed by atoms with E-state index in [1.807, 2.05) is 0 Å². The van der Waals surface area contributed by atoms with Crippen LogP contribution in [0, 0.1) is 6.92 Å². The first-order chi connectivity index (χ1) is 12.7. The van der Waals surface area contributed by atoms with Crippen molar-refractivity contribution in [3.8, 4) is 0 Å². The number of carbonyl (C=O) groups is 3. The van der Waals surface area contributed by atoms with Gasteiger partial charge in [-0.1, -0.05) is 6.92 Å². The van der Waals surface area contributed by atoms with Crippen molar-refractivity contribution < 1.29 is 22.8 Å². The monoisotopic (exact) mass is 394 g/mol. The molecule has 27 heavy (non-hydrogen) atoms. The minimum atomic E-state index is -3.77.